The van der Waals surface area contributed by atoms with Crippen LogP contribution in [0, 0.1) is 35.3 Å². The van der Waals surface area contributed by atoms with E-state index >= 15 is 0 Å². The lowest BCUT2D eigenvalue weighted by Crippen LogP contribution is -2.49. The number of aromatic nitrogens is 1. The Bertz CT molecular complexity index is 1010. The molecule has 0 bridgehead atoms. The molecule has 2 aromatic rings. The highest BCUT2D eigenvalue weighted by Gasteiger charge is 2.33. The van der Waals surface area contributed by atoms with Gasteiger partial charge in [-0.2, -0.15) is 9.57 Å². The number of aryl methyl sites for hydroxylation is 2. The fourth-order valence-electron chi connectivity index (χ4n) is 3.14. The number of hydrogen-bond acceptors (Lipinski definition) is 8. The lowest BCUT2D eigenvalue weighted by atomic mass is 10.1. The molecule has 1 aromatic carbocycles. The van der Waals surface area contributed by atoms with Crippen molar-refractivity contribution in [3.8, 4) is 6.07 Å². The second-order valence-corrected chi connectivity index (χ2v) is 7.99. The summed E-state index contributed by atoms with van der Waals surface area (Å²) in [7, 11) is -3.72. The molecule has 0 aliphatic carbocycles. The van der Waals surface area contributed by atoms with Gasteiger partial charge in [0.2, 0.25) is 10.0 Å². The molecule has 11 heteroatoms. The first-order valence-electron chi connectivity index (χ1n) is 8.12. The maximum atomic E-state index is 12.9. The number of nitriles is 1. The Hall–Kier alpha value is -2.97. The molecule has 0 spiro atoms. The second-order valence-electron chi connectivity index (χ2n) is 6.11. The van der Waals surface area contributed by atoms with Crippen molar-refractivity contribution < 1.29 is 17.9 Å². The molecule has 10 nitrogen and oxygen atoms in total. The van der Waals surface area contributed by atoms with Crippen molar-refractivity contribution in [3.05, 3.63) is 45.3 Å². The van der Waals surface area contributed by atoms with Gasteiger partial charge in [0, 0.05) is 38.3 Å². The van der Waals surface area contributed by atoms with Gasteiger partial charge in [0.1, 0.15) is 16.7 Å². The van der Waals surface area contributed by atoms with Crippen molar-refractivity contribution in [2.24, 2.45) is 0 Å². The first kappa shape index (κ1) is 18.8. The molecule has 1 aliphatic rings. The number of anilines is 1. The van der Waals surface area contributed by atoms with E-state index in [-0.39, 0.29) is 35.0 Å². The van der Waals surface area contributed by atoms with Crippen molar-refractivity contribution in [1.29, 1.82) is 5.26 Å². The molecular weight excluding hydrogens is 374 g/mol. The molecular formula is C16H17N5O5S. The predicted molar refractivity (Wildman–Crippen MR) is 94.8 cm³/mol. The number of nitro groups is 1. The molecule has 1 saturated heterocycles. The molecule has 27 heavy (non-hydrogen) atoms. The third kappa shape index (κ3) is 3.36. The average Bonchev–Trinajstić information content (AvgIpc) is 3.00. The topological polar surface area (TPSA) is 134 Å². The summed E-state index contributed by atoms with van der Waals surface area (Å²) in [4.78, 5) is 12.3. The monoisotopic (exact) mass is 391 g/mol. The highest BCUT2D eigenvalue weighted by atomic mass is 32.2. The molecule has 0 amide bonds. The van der Waals surface area contributed by atoms with Crippen LogP contribution >= 0.6 is 0 Å². The van der Waals surface area contributed by atoms with E-state index in [9.17, 15) is 23.8 Å². The van der Waals surface area contributed by atoms with E-state index in [1.165, 1.54) is 22.5 Å². The van der Waals surface area contributed by atoms with Gasteiger partial charge in [0.15, 0.2) is 5.76 Å². The summed E-state index contributed by atoms with van der Waals surface area (Å²) in [6.45, 7) is 4.28. The van der Waals surface area contributed by atoms with E-state index in [4.69, 9.17) is 4.52 Å². The van der Waals surface area contributed by atoms with Gasteiger partial charge in [0.25, 0.3) is 5.69 Å². The Kier molecular flexibility index (Phi) is 4.86. The van der Waals surface area contributed by atoms with Gasteiger partial charge in [-0.15, -0.1) is 0 Å². The normalized spacial score (nSPS) is 15.5. The van der Waals surface area contributed by atoms with E-state index in [1.807, 2.05) is 11.0 Å². The summed E-state index contributed by atoms with van der Waals surface area (Å²) in [5, 5.41) is 23.9. The zero-order valence-corrected chi connectivity index (χ0v) is 15.6. The van der Waals surface area contributed by atoms with E-state index in [0.29, 0.717) is 24.5 Å². The van der Waals surface area contributed by atoms with Crippen LogP contribution in [-0.2, 0) is 10.0 Å². The highest BCUT2D eigenvalue weighted by molar-refractivity contribution is 7.89. The largest absolute Gasteiger partial charge is 0.368 e. The van der Waals surface area contributed by atoms with Crippen molar-refractivity contribution in [2.75, 3.05) is 31.1 Å². The Morgan fingerprint density at radius 3 is 2.44 bits per heavy atom. The van der Waals surface area contributed by atoms with Gasteiger partial charge in [-0.3, -0.25) is 10.1 Å². The molecule has 1 aliphatic heterocycles. The van der Waals surface area contributed by atoms with Gasteiger partial charge < -0.3 is 9.42 Å². The quantitative estimate of drug-likeness (QED) is 0.566. The van der Waals surface area contributed by atoms with Crippen molar-refractivity contribution >= 4 is 21.4 Å². The Morgan fingerprint density at radius 1 is 1.26 bits per heavy atom. The van der Waals surface area contributed by atoms with Crippen LogP contribution < -0.4 is 4.90 Å². The molecule has 3 rings (SSSR count). The number of nitrogens with zero attached hydrogens (tertiary/aromatic N) is 5. The van der Waals surface area contributed by atoms with Crippen LogP contribution in [-0.4, -0.2) is 49.0 Å². The maximum absolute atomic E-state index is 12.9. The number of nitro benzene ring substituents is 1. The third-order valence-electron chi connectivity index (χ3n) is 4.46. The van der Waals surface area contributed by atoms with Crippen LogP contribution in [0.4, 0.5) is 11.4 Å². The van der Waals surface area contributed by atoms with Gasteiger partial charge in [-0.25, -0.2) is 8.42 Å². The Balaban J connectivity index is 1.80. The third-order valence-corrected chi connectivity index (χ3v) is 6.60. The number of hydrogen-bond donors (Lipinski definition) is 0. The summed E-state index contributed by atoms with van der Waals surface area (Å²) in [5.41, 5.74) is 0.899. The summed E-state index contributed by atoms with van der Waals surface area (Å²) in [6, 6.07) is 6.05. The molecule has 0 radical (unpaired) electrons. The molecule has 0 atom stereocenters. The zero-order valence-electron chi connectivity index (χ0n) is 14.7. The lowest BCUT2D eigenvalue weighted by molar-refractivity contribution is -0.384. The van der Waals surface area contributed by atoms with Crippen LogP contribution in [0.2, 0.25) is 0 Å². The number of non-ortho nitro benzene ring substituents is 1. The highest BCUT2D eigenvalue weighted by Crippen LogP contribution is 2.28. The van der Waals surface area contributed by atoms with E-state index in [0.717, 1.165) is 0 Å². The number of rotatable bonds is 4. The van der Waals surface area contributed by atoms with Crippen molar-refractivity contribution in [2.45, 2.75) is 18.7 Å². The first-order chi connectivity index (χ1) is 12.8. The minimum absolute atomic E-state index is 0.0870. The minimum atomic E-state index is -3.72. The van der Waals surface area contributed by atoms with Crippen LogP contribution in [0.25, 0.3) is 0 Å². The van der Waals surface area contributed by atoms with Crippen LogP contribution in [0.5, 0.6) is 0 Å². The summed E-state index contributed by atoms with van der Waals surface area (Å²) < 4.78 is 32.0. The molecule has 1 fully saturated rings. The second kappa shape index (κ2) is 6.98. The van der Waals surface area contributed by atoms with Gasteiger partial charge in [-0.1, -0.05) is 5.16 Å². The van der Waals surface area contributed by atoms with Crippen LogP contribution in [0.3, 0.4) is 0 Å². The maximum Gasteiger partial charge on any atom is 0.270 e. The molecule has 0 unspecified atom stereocenters. The Morgan fingerprint density at radius 2 is 1.93 bits per heavy atom. The summed E-state index contributed by atoms with van der Waals surface area (Å²) in [6.07, 6.45) is 0. The SMILES string of the molecule is Cc1noc(C)c1S(=O)(=O)N1CCN(c2ccc([N+](=O)[O-])cc2C#N)CC1. The van der Waals surface area contributed by atoms with Crippen molar-refractivity contribution in [3.63, 3.8) is 0 Å². The van der Waals surface area contributed by atoms with Gasteiger partial charge >= 0.3 is 0 Å². The van der Waals surface area contributed by atoms with Crippen molar-refractivity contribution in [1.82, 2.24) is 9.46 Å². The molecule has 2 heterocycles. The van der Waals surface area contributed by atoms with E-state index in [2.05, 4.69) is 5.16 Å². The van der Waals surface area contributed by atoms with Gasteiger partial charge in [-0.05, 0) is 19.9 Å². The van der Waals surface area contributed by atoms with Crippen LogP contribution in [0.1, 0.15) is 17.0 Å². The first-order valence-corrected chi connectivity index (χ1v) is 9.56. The average molecular weight is 391 g/mol. The number of piperazine rings is 1. The minimum Gasteiger partial charge on any atom is -0.368 e. The molecule has 0 N–H and O–H groups in total. The fourth-order valence-corrected chi connectivity index (χ4v) is 4.86. The number of benzene rings is 1. The number of sulfonamides is 1. The molecule has 0 saturated carbocycles. The lowest BCUT2D eigenvalue weighted by Gasteiger charge is -2.35. The Labute approximate surface area is 155 Å². The molecule has 1 aromatic heterocycles. The zero-order chi connectivity index (χ0) is 19.8. The van der Waals surface area contributed by atoms with Gasteiger partial charge in [0.05, 0.1) is 16.2 Å². The summed E-state index contributed by atoms with van der Waals surface area (Å²) >= 11 is 0. The van der Waals surface area contributed by atoms with E-state index < -0.39 is 14.9 Å². The fraction of sp³-hybridized carbons (Fsp3) is 0.375. The predicted octanol–water partition coefficient (Wildman–Crippen LogP) is 1.58. The smallest absolute Gasteiger partial charge is 0.270 e. The summed E-state index contributed by atoms with van der Waals surface area (Å²) in [5.74, 6) is 0.247. The van der Waals surface area contributed by atoms with Crippen LogP contribution in [0.15, 0.2) is 27.6 Å². The molecule has 142 valence electrons. The van der Waals surface area contributed by atoms with E-state index in [1.54, 1.807) is 13.8 Å². The standard InChI is InChI=1S/C16H17N5O5S/c1-11-16(12(2)26-18-11)27(24,25)20-7-5-19(6-8-20)15-4-3-14(21(22)23)9-13(15)10-17/h3-4,9H,5-8H2,1-2H3.